The number of fused-ring (bicyclic) bond motifs is 3. The quantitative estimate of drug-likeness (QED) is 0.784. The zero-order valence-corrected chi connectivity index (χ0v) is 10.3. The number of hydrogen-bond acceptors (Lipinski definition) is 4. The van der Waals surface area contributed by atoms with E-state index in [1.807, 2.05) is 0 Å². The summed E-state index contributed by atoms with van der Waals surface area (Å²) in [7, 11) is -3.41. The number of aromatic amines is 1. The molecule has 1 unspecified atom stereocenters. The van der Waals surface area contributed by atoms with E-state index in [4.69, 9.17) is 0 Å². The minimum atomic E-state index is -3.41. The highest BCUT2D eigenvalue weighted by Crippen LogP contribution is 2.28. The van der Waals surface area contributed by atoms with Crippen molar-refractivity contribution >= 4 is 10.0 Å². The molecule has 3 aliphatic rings. The average Bonchev–Trinajstić information content (AvgIpc) is 2.84. The second-order valence-electron chi connectivity index (χ2n) is 4.80. The van der Waals surface area contributed by atoms with Crippen LogP contribution < -0.4 is 4.72 Å². The van der Waals surface area contributed by atoms with Gasteiger partial charge in [0.25, 0.3) is 0 Å². The maximum absolute atomic E-state index is 12.0. The summed E-state index contributed by atoms with van der Waals surface area (Å²) < 4.78 is 26.9. The molecule has 3 aliphatic heterocycles. The minimum Gasteiger partial charge on any atom is -0.302 e. The first-order valence-electron chi connectivity index (χ1n) is 5.88. The zero-order chi connectivity index (χ0) is 11.9. The number of hydrogen-bond donors (Lipinski definition) is 2. The Morgan fingerprint density at radius 2 is 2.18 bits per heavy atom. The summed E-state index contributed by atoms with van der Waals surface area (Å²) in [6, 6.07) is 0.0531. The maximum atomic E-state index is 12.0. The largest absolute Gasteiger partial charge is 0.302 e. The molecule has 0 spiro atoms. The Morgan fingerprint density at radius 3 is 2.71 bits per heavy atom. The summed E-state index contributed by atoms with van der Waals surface area (Å²) in [5, 5.41) is 6.20. The molecule has 0 aliphatic carbocycles. The van der Waals surface area contributed by atoms with Crippen LogP contribution in [0, 0.1) is 5.92 Å². The highest BCUT2D eigenvalue weighted by molar-refractivity contribution is 7.89. The van der Waals surface area contributed by atoms with Gasteiger partial charge >= 0.3 is 0 Å². The molecule has 4 heterocycles. The summed E-state index contributed by atoms with van der Waals surface area (Å²) in [5.41, 5.74) is 0. The standard InChI is InChI=1S/C10H16N4O2S/c15-17(16,9-5-11-12-6-9)13-10-7-14-3-1-8(10)2-4-14/h5-6,8,10,13H,1-4,7H2,(H,11,12). The molecule has 6 nitrogen and oxygen atoms in total. The molecule has 3 saturated heterocycles. The van der Waals surface area contributed by atoms with Gasteiger partial charge in [-0.25, -0.2) is 13.1 Å². The van der Waals surface area contributed by atoms with Gasteiger partial charge in [-0.2, -0.15) is 5.10 Å². The number of sulfonamides is 1. The molecular formula is C10H16N4O2S. The lowest BCUT2D eigenvalue weighted by molar-refractivity contribution is 0.0827. The number of H-pyrrole nitrogens is 1. The summed E-state index contributed by atoms with van der Waals surface area (Å²) in [4.78, 5) is 2.54. The molecule has 0 radical (unpaired) electrons. The molecule has 2 bridgehead atoms. The van der Waals surface area contributed by atoms with Crippen molar-refractivity contribution in [2.24, 2.45) is 5.92 Å². The minimum absolute atomic E-state index is 0.0531. The van der Waals surface area contributed by atoms with E-state index in [9.17, 15) is 8.42 Å². The van der Waals surface area contributed by atoms with Gasteiger partial charge in [0, 0.05) is 18.8 Å². The van der Waals surface area contributed by atoms with Crippen LogP contribution in [0.5, 0.6) is 0 Å². The van der Waals surface area contributed by atoms with Crippen molar-refractivity contribution in [3.05, 3.63) is 12.4 Å². The van der Waals surface area contributed by atoms with E-state index in [0.717, 1.165) is 32.5 Å². The van der Waals surface area contributed by atoms with Crippen LogP contribution in [0.2, 0.25) is 0 Å². The Kier molecular flexibility index (Phi) is 2.68. The molecular weight excluding hydrogens is 240 g/mol. The summed E-state index contributed by atoms with van der Waals surface area (Å²) in [6.07, 6.45) is 4.94. The first kappa shape index (κ1) is 11.2. The van der Waals surface area contributed by atoms with Crippen LogP contribution in [-0.2, 0) is 10.0 Å². The van der Waals surface area contributed by atoms with Gasteiger partial charge in [0.05, 0.1) is 6.20 Å². The SMILES string of the molecule is O=S(=O)(NC1CN2CCC1CC2)c1cn[nH]c1. The fourth-order valence-electron chi connectivity index (χ4n) is 2.75. The highest BCUT2D eigenvalue weighted by atomic mass is 32.2. The van der Waals surface area contributed by atoms with Gasteiger partial charge in [0.2, 0.25) is 10.0 Å². The topological polar surface area (TPSA) is 78.1 Å². The normalized spacial score (nSPS) is 32.8. The van der Waals surface area contributed by atoms with Crippen molar-refractivity contribution in [1.29, 1.82) is 0 Å². The first-order valence-corrected chi connectivity index (χ1v) is 7.37. The predicted octanol–water partition coefficient (Wildman–Crippen LogP) is -0.218. The van der Waals surface area contributed by atoms with Crippen molar-refractivity contribution in [2.75, 3.05) is 19.6 Å². The van der Waals surface area contributed by atoms with Gasteiger partial charge in [-0.15, -0.1) is 0 Å². The monoisotopic (exact) mass is 256 g/mol. The van der Waals surface area contributed by atoms with Crippen LogP contribution >= 0.6 is 0 Å². The number of piperidine rings is 3. The molecule has 2 N–H and O–H groups in total. The third kappa shape index (κ3) is 2.10. The molecule has 1 atom stereocenters. The van der Waals surface area contributed by atoms with Crippen LogP contribution in [0.3, 0.4) is 0 Å². The maximum Gasteiger partial charge on any atom is 0.243 e. The molecule has 0 aromatic carbocycles. The smallest absolute Gasteiger partial charge is 0.243 e. The van der Waals surface area contributed by atoms with E-state index >= 15 is 0 Å². The molecule has 94 valence electrons. The third-order valence-electron chi connectivity index (χ3n) is 3.75. The fourth-order valence-corrected chi connectivity index (χ4v) is 3.95. The van der Waals surface area contributed by atoms with E-state index in [0.29, 0.717) is 5.92 Å². The van der Waals surface area contributed by atoms with Gasteiger partial charge in [0.15, 0.2) is 0 Å². The van der Waals surface area contributed by atoms with Crippen molar-refractivity contribution < 1.29 is 8.42 Å². The number of aromatic nitrogens is 2. The predicted molar refractivity (Wildman–Crippen MR) is 61.9 cm³/mol. The Balaban J connectivity index is 1.75. The van der Waals surface area contributed by atoms with Crippen LogP contribution in [0.15, 0.2) is 17.3 Å². The Morgan fingerprint density at radius 1 is 1.41 bits per heavy atom. The summed E-state index contributed by atoms with van der Waals surface area (Å²) in [5.74, 6) is 0.488. The zero-order valence-electron chi connectivity index (χ0n) is 9.46. The van der Waals surface area contributed by atoms with Crippen molar-refractivity contribution in [3.63, 3.8) is 0 Å². The van der Waals surface area contributed by atoms with E-state index in [1.165, 1.54) is 12.4 Å². The van der Waals surface area contributed by atoms with E-state index in [1.54, 1.807) is 0 Å². The van der Waals surface area contributed by atoms with E-state index in [2.05, 4.69) is 19.8 Å². The van der Waals surface area contributed by atoms with Crippen LogP contribution in [-0.4, -0.2) is 49.2 Å². The van der Waals surface area contributed by atoms with Crippen molar-refractivity contribution in [3.8, 4) is 0 Å². The number of nitrogens with zero attached hydrogens (tertiary/aromatic N) is 2. The highest BCUT2D eigenvalue weighted by Gasteiger charge is 2.36. The molecule has 0 amide bonds. The summed E-state index contributed by atoms with van der Waals surface area (Å²) >= 11 is 0. The van der Waals surface area contributed by atoms with Gasteiger partial charge in [-0.05, 0) is 31.8 Å². The van der Waals surface area contributed by atoms with E-state index < -0.39 is 10.0 Å². The van der Waals surface area contributed by atoms with Crippen LogP contribution in [0.4, 0.5) is 0 Å². The van der Waals surface area contributed by atoms with Crippen LogP contribution in [0.25, 0.3) is 0 Å². The molecule has 1 aromatic heterocycles. The Hall–Kier alpha value is -0.920. The van der Waals surface area contributed by atoms with Crippen LogP contribution in [0.1, 0.15) is 12.8 Å². The second kappa shape index (κ2) is 4.08. The van der Waals surface area contributed by atoms with Gasteiger partial charge in [0.1, 0.15) is 4.90 Å². The lowest BCUT2D eigenvalue weighted by atomic mass is 9.85. The summed E-state index contributed by atoms with van der Waals surface area (Å²) in [6.45, 7) is 3.05. The molecule has 3 fully saturated rings. The fraction of sp³-hybridized carbons (Fsp3) is 0.700. The first-order chi connectivity index (χ1) is 8.15. The molecule has 1 aromatic rings. The van der Waals surface area contributed by atoms with Gasteiger partial charge in [-0.1, -0.05) is 0 Å². The third-order valence-corrected chi connectivity index (χ3v) is 5.20. The number of nitrogens with one attached hydrogen (secondary N) is 2. The molecule has 4 rings (SSSR count). The van der Waals surface area contributed by atoms with Crippen molar-refractivity contribution in [2.45, 2.75) is 23.8 Å². The Bertz CT molecular complexity index is 476. The lowest BCUT2D eigenvalue weighted by Crippen LogP contribution is -2.57. The van der Waals surface area contributed by atoms with E-state index in [-0.39, 0.29) is 10.9 Å². The molecule has 0 saturated carbocycles. The average molecular weight is 256 g/mol. The number of rotatable bonds is 3. The Labute approximate surface area is 100 Å². The van der Waals surface area contributed by atoms with Gasteiger partial charge < -0.3 is 4.90 Å². The lowest BCUT2D eigenvalue weighted by Gasteiger charge is -2.44. The molecule has 17 heavy (non-hydrogen) atoms. The molecule has 7 heteroatoms. The second-order valence-corrected chi connectivity index (χ2v) is 6.51. The van der Waals surface area contributed by atoms with Gasteiger partial charge in [-0.3, -0.25) is 5.10 Å². The van der Waals surface area contributed by atoms with Crippen molar-refractivity contribution in [1.82, 2.24) is 19.8 Å².